The van der Waals surface area contributed by atoms with Gasteiger partial charge in [-0.1, -0.05) is 74.5 Å². The second kappa shape index (κ2) is 15.3. The van der Waals surface area contributed by atoms with Gasteiger partial charge in [-0.2, -0.15) is 0 Å². The molecule has 0 aliphatic heterocycles. The fourth-order valence-electron chi connectivity index (χ4n) is 3.23. The highest BCUT2D eigenvalue weighted by molar-refractivity contribution is 5.69. The lowest BCUT2D eigenvalue weighted by Crippen LogP contribution is -2.09. The fourth-order valence-corrected chi connectivity index (χ4v) is 3.23. The number of carbonyl (C=O) groups excluding carboxylic acids is 2. The Balaban J connectivity index is 0.000000303. The summed E-state index contributed by atoms with van der Waals surface area (Å²) in [5.74, 6) is 0.515. The van der Waals surface area contributed by atoms with E-state index in [1.54, 1.807) is 0 Å². The first-order valence-electron chi connectivity index (χ1n) is 10.7. The molecule has 164 valence electrons. The second-order valence-corrected chi connectivity index (χ2v) is 7.84. The maximum atomic E-state index is 11.0. The SMILES string of the molecule is COC(=O)CC(C)CCCc1ccccc1.COC(=O)CC(C)Cc1ccccc1. The van der Waals surface area contributed by atoms with Gasteiger partial charge < -0.3 is 9.47 Å². The minimum atomic E-state index is -0.131. The molecule has 4 heteroatoms. The molecule has 4 nitrogen and oxygen atoms in total. The minimum absolute atomic E-state index is 0.104. The Bertz CT molecular complexity index is 712. The van der Waals surface area contributed by atoms with Gasteiger partial charge in [0.2, 0.25) is 0 Å². The van der Waals surface area contributed by atoms with E-state index in [4.69, 9.17) is 0 Å². The van der Waals surface area contributed by atoms with Crippen LogP contribution in [-0.4, -0.2) is 26.2 Å². The highest BCUT2D eigenvalue weighted by atomic mass is 16.5. The van der Waals surface area contributed by atoms with Crippen LogP contribution in [0.15, 0.2) is 60.7 Å². The summed E-state index contributed by atoms with van der Waals surface area (Å²) in [5.41, 5.74) is 2.64. The van der Waals surface area contributed by atoms with Crippen molar-refractivity contribution in [2.75, 3.05) is 14.2 Å². The van der Waals surface area contributed by atoms with Crippen molar-refractivity contribution in [1.29, 1.82) is 0 Å². The molecule has 2 unspecified atom stereocenters. The van der Waals surface area contributed by atoms with Crippen molar-refractivity contribution < 1.29 is 19.1 Å². The van der Waals surface area contributed by atoms with Crippen molar-refractivity contribution in [2.45, 2.75) is 52.4 Å². The predicted octanol–water partition coefficient (Wildman–Crippen LogP) is 5.64. The van der Waals surface area contributed by atoms with Gasteiger partial charge in [0, 0.05) is 12.8 Å². The van der Waals surface area contributed by atoms with E-state index in [1.807, 2.05) is 24.3 Å². The number of carbonyl (C=O) groups is 2. The van der Waals surface area contributed by atoms with Gasteiger partial charge in [0.15, 0.2) is 0 Å². The van der Waals surface area contributed by atoms with E-state index in [0.717, 1.165) is 25.7 Å². The standard InChI is InChI=1S/C14H20O2.C12H16O2/c1-12(11-14(15)16-2)7-6-10-13-8-4-3-5-9-13;1-10(9-12(13)14-2)8-11-6-4-3-5-7-11/h3-5,8-9,12H,6-7,10-11H2,1-2H3;3-7,10H,8-9H2,1-2H3. The molecule has 0 spiro atoms. The Labute approximate surface area is 181 Å². The average Bonchev–Trinajstić information content (AvgIpc) is 2.75. The molecule has 2 rings (SSSR count). The van der Waals surface area contributed by atoms with Gasteiger partial charge in [-0.15, -0.1) is 0 Å². The first-order valence-corrected chi connectivity index (χ1v) is 10.7. The zero-order chi connectivity index (χ0) is 22.2. The third-order valence-electron chi connectivity index (χ3n) is 4.92. The number of ether oxygens (including phenoxy) is 2. The highest BCUT2D eigenvalue weighted by Crippen LogP contribution is 2.14. The van der Waals surface area contributed by atoms with Gasteiger partial charge >= 0.3 is 11.9 Å². The lowest BCUT2D eigenvalue weighted by Gasteiger charge is -2.09. The quantitative estimate of drug-likeness (QED) is 0.474. The number of methoxy groups -OCH3 is 2. The largest absolute Gasteiger partial charge is 0.469 e. The zero-order valence-electron chi connectivity index (χ0n) is 18.8. The summed E-state index contributed by atoms with van der Waals surface area (Å²) in [6, 6.07) is 20.6. The molecular formula is C26H36O4. The average molecular weight is 413 g/mol. The summed E-state index contributed by atoms with van der Waals surface area (Å²) < 4.78 is 9.27. The van der Waals surface area contributed by atoms with Gasteiger partial charge in [-0.25, -0.2) is 0 Å². The van der Waals surface area contributed by atoms with Gasteiger partial charge in [0.1, 0.15) is 0 Å². The second-order valence-electron chi connectivity index (χ2n) is 7.84. The van der Waals surface area contributed by atoms with E-state index in [1.165, 1.54) is 25.3 Å². The van der Waals surface area contributed by atoms with Crippen molar-refractivity contribution >= 4 is 11.9 Å². The Hall–Kier alpha value is -2.62. The molecule has 2 aromatic carbocycles. The summed E-state index contributed by atoms with van der Waals surface area (Å²) in [6.45, 7) is 4.16. The van der Waals surface area contributed by atoms with Crippen LogP contribution in [0.4, 0.5) is 0 Å². The molecule has 2 aromatic rings. The van der Waals surface area contributed by atoms with E-state index in [-0.39, 0.29) is 11.9 Å². The molecule has 0 fully saturated rings. The Kier molecular flexibility index (Phi) is 12.9. The third-order valence-corrected chi connectivity index (χ3v) is 4.92. The molecule has 0 aliphatic carbocycles. The molecule has 0 N–H and O–H groups in total. The number of esters is 2. The Morgan fingerprint density at radius 3 is 1.70 bits per heavy atom. The van der Waals surface area contributed by atoms with Crippen molar-refractivity contribution in [3.05, 3.63) is 71.8 Å². The summed E-state index contributed by atoms with van der Waals surface area (Å²) in [6.07, 6.45) is 5.24. The number of benzene rings is 2. The number of hydrogen-bond acceptors (Lipinski definition) is 4. The van der Waals surface area contributed by atoms with Crippen molar-refractivity contribution in [1.82, 2.24) is 0 Å². The van der Waals surface area contributed by atoms with Crippen molar-refractivity contribution in [3.63, 3.8) is 0 Å². The molecule has 0 radical (unpaired) electrons. The van der Waals surface area contributed by atoms with Crippen LogP contribution in [0.25, 0.3) is 0 Å². The number of rotatable bonds is 10. The Morgan fingerprint density at radius 1 is 0.733 bits per heavy atom. The van der Waals surface area contributed by atoms with Crippen LogP contribution in [-0.2, 0) is 31.9 Å². The van der Waals surface area contributed by atoms with Crippen molar-refractivity contribution in [3.8, 4) is 0 Å². The van der Waals surface area contributed by atoms with Gasteiger partial charge in [-0.3, -0.25) is 9.59 Å². The molecule has 2 atom stereocenters. The lowest BCUT2D eigenvalue weighted by atomic mass is 9.98. The van der Waals surface area contributed by atoms with Crippen LogP contribution in [0.5, 0.6) is 0 Å². The van der Waals surface area contributed by atoms with E-state index in [0.29, 0.717) is 24.7 Å². The molecule has 0 aromatic heterocycles. The van der Waals surface area contributed by atoms with Crippen molar-refractivity contribution in [2.24, 2.45) is 11.8 Å². The van der Waals surface area contributed by atoms with E-state index in [9.17, 15) is 9.59 Å². The smallest absolute Gasteiger partial charge is 0.305 e. The number of hydrogen-bond donors (Lipinski definition) is 0. The molecule has 0 saturated heterocycles. The van der Waals surface area contributed by atoms with Crippen LogP contribution >= 0.6 is 0 Å². The predicted molar refractivity (Wildman–Crippen MR) is 121 cm³/mol. The Morgan fingerprint density at radius 2 is 1.20 bits per heavy atom. The first-order chi connectivity index (χ1) is 14.4. The minimum Gasteiger partial charge on any atom is -0.469 e. The van der Waals surface area contributed by atoms with E-state index in [2.05, 4.69) is 59.7 Å². The van der Waals surface area contributed by atoms with Crippen LogP contribution in [0.2, 0.25) is 0 Å². The third kappa shape index (κ3) is 12.1. The van der Waals surface area contributed by atoms with Gasteiger partial charge in [-0.05, 0) is 48.6 Å². The summed E-state index contributed by atoms with van der Waals surface area (Å²) >= 11 is 0. The molecule has 0 amide bonds. The van der Waals surface area contributed by atoms with E-state index >= 15 is 0 Å². The highest BCUT2D eigenvalue weighted by Gasteiger charge is 2.09. The molecule has 0 bridgehead atoms. The van der Waals surface area contributed by atoms with Gasteiger partial charge in [0.05, 0.1) is 14.2 Å². The summed E-state index contributed by atoms with van der Waals surface area (Å²) in [5, 5.41) is 0. The summed E-state index contributed by atoms with van der Waals surface area (Å²) in [7, 11) is 2.87. The van der Waals surface area contributed by atoms with Crippen LogP contribution in [0.1, 0.15) is 50.7 Å². The zero-order valence-corrected chi connectivity index (χ0v) is 18.8. The van der Waals surface area contributed by atoms with Crippen LogP contribution in [0.3, 0.4) is 0 Å². The number of aryl methyl sites for hydroxylation is 1. The first kappa shape index (κ1) is 25.4. The molecule has 0 aliphatic rings. The topological polar surface area (TPSA) is 52.6 Å². The normalized spacial score (nSPS) is 12.1. The maximum absolute atomic E-state index is 11.0. The molecular weight excluding hydrogens is 376 g/mol. The maximum Gasteiger partial charge on any atom is 0.305 e. The summed E-state index contributed by atoms with van der Waals surface area (Å²) in [4.78, 5) is 22.0. The monoisotopic (exact) mass is 412 g/mol. The van der Waals surface area contributed by atoms with Crippen LogP contribution in [0, 0.1) is 11.8 Å². The molecule has 30 heavy (non-hydrogen) atoms. The molecule has 0 heterocycles. The van der Waals surface area contributed by atoms with E-state index < -0.39 is 0 Å². The lowest BCUT2D eigenvalue weighted by molar-refractivity contribution is -0.142. The van der Waals surface area contributed by atoms with Crippen LogP contribution < -0.4 is 0 Å². The van der Waals surface area contributed by atoms with Gasteiger partial charge in [0.25, 0.3) is 0 Å². The molecule has 0 saturated carbocycles. The fraction of sp³-hybridized carbons (Fsp3) is 0.462.